The number of anilines is 2. The highest BCUT2D eigenvalue weighted by atomic mass is 16.5. The highest BCUT2D eigenvalue weighted by Crippen LogP contribution is 2.22. The van der Waals surface area contributed by atoms with Crippen LogP contribution in [0.4, 0.5) is 11.4 Å². The van der Waals surface area contributed by atoms with E-state index in [9.17, 15) is 9.59 Å². The van der Waals surface area contributed by atoms with E-state index < -0.39 is 0 Å². The van der Waals surface area contributed by atoms with Crippen LogP contribution in [-0.4, -0.2) is 18.4 Å². The molecule has 2 amide bonds. The predicted octanol–water partition coefficient (Wildman–Crippen LogP) is 6.05. The van der Waals surface area contributed by atoms with Gasteiger partial charge in [-0.25, -0.2) is 0 Å². The third-order valence-electron chi connectivity index (χ3n) is 5.28. The Morgan fingerprint density at radius 2 is 1.62 bits per heavy atom. The third-order valence-corrected chi connectivity index (χ3v) is 5.28. The first-order chi connectivity index (χ1) is 15.4. The first kappa shape index (κ1) is 23.1. The molecule has 0 bridgehead atoms. The molecule has 0 spiro atoms. The van der Waals surface area contributed by atoms with Gasteiger partial charge in [0.25, 0.3) is 5.91 Å². The van der Waals surface area contributed by atoms with Gasteiger partial charge in [0.2, 0.25) is 5.91 Å². The molecule has 0 aromatic heterocycles. The molecule has 3 rings (SSSR count). The minimum absolute atomic E-state index is 0.0690. The van der Waals surface area contributed by atoms with E-state index in [-0.39, 0.29) is 11.8 Å². The molecule has 166 valence electrons. The standard InChI is InChI=1S/C27H30N2O3/c1-19-15-16-20(2)25(18-19)32-17-8-7-14-26(30)29-24-13-9-12-23(21(24)3)27(31)28-22-10-5-4-6-11-22/h4-6,9-13,15-16,18H,7-8,14,17H2,1-3H3,(H,28,31)(H,29,30). The summed E-state index contributed by atoms with van der Waals surface area (Å²) in [4.78, 5) is 25.1. The van der Waals surface area contributed by atoms with Gasteiger partial charge in [-0.1, -0.05) is 36.4 Å². The van der Waals surface area contributed by atoms with Gasteiger partial charge < -0.3 is 15.4 Å². The molecule has 3 aromatic rings. The molecule has 32 heavy (non-hydrogen) atoms. The van der Waals surface area contributed by atoms with Gasteiger partial charge >= 0.3 is 0 Å². The van der Waals surface area contributed by atoms with Gasteiger partial charge in [-0.05, 0) is 80.6 Å². The highest BCUT2D eigenvalue weighted by molar-refractivity contribution is 6.06. The van der Waals surface area contributed by atoms with E-state index in [0.29, 0.717) is 24.3 Å². The van der Waals surface area contributed by atoms with Crippen LogP contribution in [-0.2, 0) is 4.79 Å². The van der Waals surface area contributed by atoms with Gasteiger partial charge in [0.1, 0.15) is 5.75 Å². The van der Waals surface area contributed by atoms with Crippen LogP contribution in [0.2, 0.25) is 0 Å². The summed E-state index contributed by atoms with van der Waals surface area (Å²) in [7, 11) is 0. The normalized spacial score (nSPS) is 10.5. The number of para-hydroxylation sites is 1. The van der Waals surface area contributed by atoms with Crippen molar-refractivity contribution in [2.75, 3.05) is 17.2 Å². The summed E-state index contributed by atoms with van der Waals surface area (Å²) in [5.74, 6) is 0.629. The van der Waals surface area contributed by atoms with Crippen LogP contribution in [0.5, 0.6) is 5.75 Å². The van der Waals surface area contributed by atoms with Crippen molar-refractivity contribution in [2.24, 2.45) is 0 Å². The maximum Gasteiger partial charge on any atom is 0.256 e. The van der Waals surface area contributed by atoms with Gasteiger partial charge in [-0.3, -0.25) is 9.59 Å². The largest absolute Gasteiger partial charge is 0.493 e. The number of hydrogen-bond acceptors (Lipinski definition) is 3. The van der Waals surface area contributed by atoms with Gasteiger partial charge in [-0.2, -0.15) is 0 Å². The molecular weight excluding hydrogens is 400 g/mol. The van der Waals surface area contributed by atoms with Crippen LogP contribution in [0.1, 0.15) is 46.3 Å². The highest BCUT2D eigenvalue weighted by Gasteiger charge is 2.13. The monoisotopic (exact) mass is 430 g/mol. The fourth-order valence-electron chi connectivity index (χ4n) is 3.38. The molecule has 5 heteroatoms. The number of aryl methyl sites for hydroxylation is 2. The van der Waals surface area contributed by atoms with Crippen molar-refractivity contribution in [3.05, 3.63) is 89.0 Å². The quantitative estimate of drug-likeness (QED) is 0.406. The number of carbonyl (C=O) groups is 2. The number of ether oxygens (including phenoxy) is 1. The lowest BCUT2D eigenvalue weighted by molar-refractivity contribution is -0.116. The Hall–Kier alpha value is -3.60. The number of rotatable bonds is 9. The molecule has 0 saturated heterocycles. The van der Waals surface area contributed by atoms with Gasteiger partial charge in [0.05, 0.1) is 6.61 Å². The van der Waals surface area contributed by atoms with Gasteiger partial charge in [0, 0.05) is 23.4 Å². The Morgan fingerprint density at radius 1 is 0.844 bits per heavy atom. The number of nitrogens with one attached hydrogen (secondary N) is 2. The van der Waals surface area contributed by atoms with Crippen LogP contribution < -0.4 is 15.4 Å². The lowest BCUT2D eigenvalue weighted by Gasteiger charge is -2.13. The second-order valence-electron chi connectivity index (χ2n) is 7.92. The van der Waals surface area contributed by atoms with Crippen molar-refractivity contribution in [1.82, 2.24) is 0 Å². The second kappa shape index (κ2) is 11.1. The van der Waals surface area contributed by atoms with Crippen molar-refractivity contribution >= 4 is 23.2 Å². The second-order valence-corrected chi connectivity index (χ2v) is 7.92. The van der Waals surface area contributed by atoms with Crippen LogP contribution in [0.15, 0.2) is 66.7 Å². The van der Waals surface area contributed by atoms with E-state index in [1.165, 1.54) is 5.56 Å². The fraction of sp³-hybridized carbons (Fsp3) is 0.259. The number of hydrogen-bond donors (Lipinski definition) is 2. The summed E-state index contributed by atoms with van der Waals surface area (Å²) in [5.41, 5.74) is 4.94. The zero-order valence-electron chi connectivity index (χ0n) is 18.9. The topological polar surface area (TPSA) is 67.4 Å². The first-order valence-electron chi connectivity index (χ1n) is 10.9. The minimum Gasteiger partial charge on any atom is -0.493 e. The van der Waals surface area contributed by atoms with Crippen molar-refractivity contribution < 1.29 is 14.3 Å². The molecule has 0 fully saturated rings. The summed E-state index contributed by atoms with van der Waals surface area (Å²) < 4.78 is 5.85. The number of amides is 2. The Morgan fingerprint density at radius 3 is 2.41 bits per heavy atom. The molecule has 0 heterocycles. The molecular formula is C27H30N2O3. The van der Waals surface area contributed by atoms with Crippen LogP contribution in [0.3, 0.4) is 0 Å². The zero-order valence-corrected chi connectivity index (χ0v) is 18.9. The average molecular weight is 431 g/mol. The lowest BCUT2D eigenvalue weighted by Crippen LogP contribution is -2.16. The Balaban J connectivity index is 1.48. The first-order valence-corrected chi connectivity index (χ1v) is 10.9. The van der Waals surface area contributed by atoms with Gasteiger partial charge in [-0.15, -0.1) is 0 Å². The zero-order chi connectivity index (χ0) is 22.9. The Bertz CT molecular complexity index is 1080. The molecule has 0 radical (unpaired) electrons. The van der Waals surface area contributed by atoms with Gasteiger partial charge in [0.15, 0.2) is 0 Å². The van der Waals surface area contributed by atoms with Crippen molar-refractivity contribution in [3.8, 4) is 5.75 Å². The molecule has 3 aromatic carbocycles. The fourth-order valence-corrected chi connectivity index (χ4v) is 3.38. The predicted molar refractivity (Wildman–Crippen MR) is 129 cm³/mol. The summed E-state index contributed by atoms with van der Waals surface area (Å²) in [5, 5.41) is 5.82. The minimum atomic E-state index is -0.201. The molecule has 0 unspecified atom stereocenters. The smallest absolute Gasteiger partial charge is 0.256 e. The Kier molecular flexibility index (Phi) is 8.03. The summed E-state index contributed by atoms with van der Waals surface area (Å²) >= 11 is 0. The molecule has 0 atom stereocenters. The third kappa shape index (κ3) is 6.45. The van der Waals surface area contributed by atoms with Crippen molar-refractivity contribution in [2.45, 2.75) is 40.0 Å². The summed E-state index contributed by atoms with van der Waals surface area (Å²) in [6.07, 6.45) is 1.92. The molecule has 0 aliphatic rings. The molecule has 0 aliphatic carbocycles. The number of carbonyl (C=O) groups excluding carboxylic acids is 2. The van der Waals surface area contributed by atoms with E-state index in [2.05, 4.69) is 22.8 Å². The van der Waals surface area contributed by atoms with Crippen LogP contribution >= 0.6 is 0 Å². The summed E-state index contributed by atoms with van der Waals surface area (Å²) in [6.45, 7) is 6.48. The van der Waals surface area contributed by atoms with Crippen LogP contribution in [0.25, 0.3) is 0 Å². The molecule has 5 nitrogen and oxygen atoms in total. The van der Waals surface area contributed by atoms with E-state index in [4.69, 9.17) is 4.74 Å². The molecule has 0 aliphatic heterocycles. The SMILES string of the molecule is Cc1ccc(C)c(OCCCCC(=O)Nc2cccc(C(=O)Nc3ccccc3)c2C)c1. The lowest BCUT2D eigenvalue weighted by atomic mass is 10.1. The van der Waals surface area contributed by atoms with E-state index >= 15 is 0 Å². The maximum absolute atomic E-state index is 12.6. The number of unbranched alkanes of at least 4 members (excludes halogenated alkanes) is 1. The maximum atomic E-state index is 12.6. The van der Waals surface area contributed by atoms with E-state index in [0.717, 1.165) is 35.4 Å². The molecule has 0 saturated carbocycles. The van der Waals surface area contributed by atoms with Crippen molar-refractivity contribution in [3.63, 3.8) is 0 Å². The van der Waals surface area contributed by atoms with E-state index in [1.807, 2.05) is 63.2 Å². The number of benzene rings is 3. The Labute approximate surface area is 189 Å². The van der Waals surface area contributed by atoms with Crippen LogP contribution in [0, 0.1) is 20.8 Å². The average Bonchev–Trinajstić information content (AvgIpc) is 2.78. The molecule has 2 N–H and O–H groups in total. The van der Waals surface area contributed by atoms with Crippen molar-refractivity contribution in [1.29, 1.82) is 0 Å². The summed E-state index contributed by atoms with van der Waals surface area (Å²) in [6, 6.07) is 20.8. The van der Waals surface area contributed by atoms with E-state index in [1.54, 1.807) is 12.1 Å².